The summed E-state index contributed by atoms with van der Waals surface area (Å²) < 4.78 is 12.4. The molecule has 1 spiro atoms. The molecule has 4 fully saturated rings. The fraction of sp³-hybridized carbons (Fsp3) is 0.774. The van der Waals surface area contributed by atoms with Gasteiger partial charge in [0.1, 0.15) is 11.6 Å². The van der Waals surface area contributed by atoms with Gasteiger partial charge in [0.25, 0.3) is 0 Å². The number of nitrogens with zero attached hydrogens (tertiary/aromatic N) is 4. The van der Waals surface area contributed by atoms with Gasteiger partial charge in [-0.15, -0.1) is 13.2 Å². The number of ether oxygens (including phenoxy) is 2. The van der Waals surface area contributed by atoms with Gasteiger partial charge in [0.2, 0.25) is 17.7 Å². The minimum atomic E-state index is -1.11. The summed E-state index contributed by atoms with van der Waals surface area (Å²) in [5.41, 5.74) is -1.91. The molecule has 0 aromatic carbocycles. The lowest BCUT2D eigenvalue weighted by Crippen LogP contribution is -2.59. The molecule has 0 radical (unpaired) electrons. The molecule has 1 N–H and O–H groups in total. The lowest BCUT2D eigenvalue weighted by Gasteiger charge is -2.40. The summed E-state index contributed by atoms with van der Waals surface area (Å²) in [5.74, 6) is -2.00. The first-order valence-electron chi connectivity index (χ1n) is 15.5. The fourth-order valence-electron chi connectivity index (χ4n) is 7.74. The van der Waals surface area contributed by atoms with E-state index in [1.165, 1.54) is 0 Å². The van der Waals surface area contributed by atoms with Crippen molar-refractivity contribution in [3.05, 3.63) is 25.3 Å². The molecule has 10 nitrogen and oxygen atoms in total. The van der Waals surface area contributed by atoms with Crippen LogP contribution in [0.15, 0.2) is 25.3 Å². The van der Waals surface area contributed by atoms with Gasteiger partial charge in [-0.1, -0.05) is 32.9 Å². The fourth-order valence-corrected chi connectivity index (χ4v) is 7.74. The molecule has 4 saturated heterocycles. The minimum Gasteiger partial charge on any atom is -0.394 e. The normalized spacial score (nSPS) is 31.7. The average molecular weight is 575 g/mol. The molecule has 2 bridgehead atoms. The van der Waals surface area contributed by atoms with Crippen LogP contribution in [-0.2, 0) is 23.9 Å². The first-order chi connectivity index (χ1) is 19.8. The van der Waals surface area contributed by atoms with Gasteiger partial charge >= 0.3 is 0 Å². The standard InChI is InChI=1S/C31H50N4O6/c1-6-13-33(14-7-2)27(37)24-25-28(38)35(23(9-4)22-36)26(31(25)12-11-30(24,10-5)41-31)29(39)34(15-8-3)17-16-32-18-20-40-21-19-32/h6,8,23-26,36H,1,3,7,9-22H2,2,4-5H3/t23-,24+,25-,26?,30-,31?/m0/s1. The zero-order chi connectivity index (χ0) is 29.8. The van der Waals surface area contributed by atoms with Crippen molar-refractivity contribution >= 4 is 17.7 Å². The maximum absolute atomic E-state index is 14.6. The highest BCUT2D eigenvalue weighted by atomic mass is 16.5. The van der Waals surface area contributed by atoms with Crippen LogP contribution in [-0.4, -0.2) is 131 Å². The van der Waals surface area contributed by atoms with Crippen LogP contribution in [0.2, 0.25) is 0 Å². The highest BCUT2D eigenvalue weighted by Crippen LogP contribution is 2.65. The van der Waals surface area contributed by atoms with Crippen LogP contribution in [0.1, 0.15) is 52.9 Å². The summed E-state index contributed by atoms with van der Waals surface area (Å²) in [6.45, 7) is 18.8. The maximum Gasteiger partial charge on any atom is 0.248 e. The van der Waals surface area contributed by atoms with Crippen molar-refractivity contribution in [2.75, 3.05) is 65.6 Å². The number of morpholine rings is 1. The number of likely N-dealkylation sites (tertiary alicyclic amines) is 1. The van der Waals surface area contributed by atoms with Crippen LogP contribution in [0.3, 0.4) is 0 Å². The predicted octanol–water partition coefficient (Wildman–Crippen LogP) is 1.68. The second-order valence-corrected chi connectivity index (χ2v) is 11.9. The van der Waals surface area contributed by atoms with Crippen molar-refractivity contribution in [2.24, 2.45) is 11.8 Å². The Kier molecular flexibility index (Phi) is 10.3. The van der Waals surface area contributed by atoms with E-state index in [4.69, 9.17) is 9.47 Å². The second-order valence-electron chi connectivity index (χ2n) is 11.9. The number of hydrogen-bond donors (Lipinski definition) is 1. The predicted molar refractivity (Wildman–Crippen MR) is 156 cm³/mol. The highest BCUT2D eigenvalue weighted by molar-refractivity contribution is 5.99. The Labute approximate surface area is 245 Å². The SMILES string of the molecule is C=CCN(CCN1CCOCC1)C(=O)C1N([C@@H](CC)CO)C(=O)[C@@H]2[C@H](C(=O)N(CC=C)CCC)[C@]3(CC)CCC12O3. The number of hydrogen-bond acceptors (Lipinski definition) is 7. The Bertz CT molecular complexity index is 982. The van der Waals surface area contributed by atoms with Gasteiger partial charge in [-0.25, -0.2) is 0 Å². The lowest BCUT2D eigenvalue weighted by molar-refractivity contribution is -0.158. The van der Waals surface area contributed by atoms with Gasteiger partial charge in [0, 0.05) is 45.8 Å². The van der Waals surface area contributed by atoms with Crippen molar-refractivity contribution < 1.29 is 29.0 Å². The molecular formula is C31H50N4O6. The molecule has 0 aliphatic carbocycles. The Morgan fingerprint density at radius 1 is 1.07 bits per heavy atom. The number of aliphatic hydroxyl groups excluding tert-OH is 1. The molecule has 0 aromatic rings. The van der Waals surface area contributed by atoms with Crippen molar-refractivity contribution in [2.45, 2.75) is 76.2 Å². The second kappa shape index (κ2) is 13.4. The Balaban J connectivity index is 1.74. The molecule has 6 atom stereocenters. The molecule has 3 amide bonds. The third kappa shape index (κ3) is 5.48. The van der Waals surface area contributed by atoms with Crippen molar-refractivity contribution in [1.82, 2.24) is 19.6 Å². The molecule has 4 aliphatic heterocycles. The molecular weight excluding hydrogens is 524 g/mol. The van der Waals surface area contributed by atoms with Gasteiger partial charge < -0.3 is 29.3 Å². The van der Waals surface area contributed by atoms with Crippen molar-refractivity contribution in [1.29, 1.82) is 0 Å². The van der Waals surface area contributed by atoms with Crippen LogP contribution in [0.25, 0.3) is 0 Å². The quantitative estimate of drug-likeness (QED) is 0.297. The minimum absolute atomic E-state index is 0.103. The Hall–Kier alpha value is -2.27. The number of aliphatic hydroxyl groups is 1. The van der Waals surface area contributed by atoms with Gasteiger partial charge in [-0.2, -0.15) is 0 Å². The topological polar surface area (TPSA) is 103 Å². The van der Waals surface area contributed by atoms with E-state index in [2.05, 4.69) is 18.1 Å². The first kappa shape index (κ1) is 31.7. The third-order valence-corrected chi connectivity index (χ3v) is 9.80. The molecule has 41 heavy (non-hydrogen) atoms. The number of carbonyl (C=O) groups excluding carboxylic acids is 3. The summed E-state index contributed by atoms with van der Waals surface area (Å²) in [7, 11) is 0. The summed E-state index contributed by atoms with van der Waals surface area (Å²) in [5, 5.41) is 10.4. The third-order valence-electron chi connectivity index (χ3n) is 9.80. The zero-order valence-electron chi connectivity index (χ0n) is 25.3. The number of rotatable bonds is 15. The molecule has 0 saturated carbocycles. The van der Waals surface area contributed by atoms with E-state index < -0.39 is 35.1 Å². The molecule has 0 aromatic heterocycles. The average Bonchev–Trinajstić information content (AvgIpc) is 3.59. The molecule has 4 aliphatic rings. The van der Waals surface area contributed by atoms with E-state index in [1.54, 1.807) is 26.9 Å². The Morgan fingerprint density at radius 2 is 1.73 bits per heavy atom. The molecule has 10 heteroatoms. The van der Waals surface area contributed by atoms with Gasteiger partial charge in [0.05, 0.1) is 43.3 Å². The number of carbonyl (C=O) groups is 3. The summed E-state index contributed by atoms with van der Waals surface area (Å²) in [6, 6.07) is -1.45. The van der Waals surface area contributed by atoms with Crippen LogP contribution in [0, 0.1) is 11.8 Å². The largest absolute Gasteiger partial charge is 0.394 e. The van der Waals surface area contributed by atoms with Crippen molar-refractivity contribution in [3.8, 4) is 0 Å². The first-order valence-corrected chi connectivity index (χ1v) is 15.5. The molecule has 4 heterocycles. The summed E-state index contributed by atoms with van der Waals surface area (Å²) in [6.07, 6.45) is 6.41. The lowest BCUT2D eigenvalue weighted by atomic mass is 9.64. The van der Waals surface area contributed by atoms with Crippen molar-refractivity contribution in [3.63, 3.8) is 0 Å². The Morgan fingerprint density at radius 3 is 2.29 bits per heavy atom. The summed E-state index contributed by atoms with van der Waals surface area (Å²) in [4.78, 5) is 50.7. The van der Waals surface area contributed by atoms with Crippen LogP contribution >= 0.6 is 0 Å². The highest BCUT2D eigenvalue weighted by Gasteiger charge is 2.79. The van der Waals surface area contributed by atoms with Crippen LogP contribution in [0.4, 0.5) is 0 Å². The van der Waals surface area contributed by atoms with Crippen LogP contribution < -0.4 is 0 Å². The van der Waals surface area contributed by atoms with Gasteiger partial charge in [-0.05, 0) is 32.1 Å². The van der Waals surface area contributed by atoms with E-state index in [0.717, 1.165) is 19.5 Å². The smallest absolute Gasteiger partial charge is 0.248 e. The monoisotopic (exact) mass is 574 g/mol. The molecule has 4 rings (SSSR count). The number of fused-ring (bicyclic) bond motifs is 1. The van der Waals surface area contributed by atoms with Gasteiger partial charge in [-0.3, -0.25) is 19.3 Å². The van der Waals surface area contributed by atoms with E-state index in [-0.39, 0.29) is 24.3 Å². The van der Waals surface area contributed by atoms with Crippen LogP contribution in [0.5, 0.6) is 0 Å². The van der Waals surface area contributed by atoms with E-state index in [9.17, 15) is 19.5 Å². The summed E-state index contributed by atoms with van der Waals surface area (Å²) >= 11 is 0. The van der Waals surface area contributed by atoms with E-state index >= 15 is 0 Å². The molecule has 2 unspecified atom stereocenters. The zero-order valence-corrected chi connectivity index (χ0v) is 25.3. The number of amides is 3. The van der Waals surface area contributed by atoms with Gasteiger partial charge in [0.15, 0.2) is 0 Å². The van der Waals surface area contributed by atoms with E-state index in [1.807, 2.05) is 20.8 Å². The van der Waals surface area contributed by atoms with E-state index in [0.29, 0.717) is 71.6 Å². The molecule has 230 valence electrons. The maximum atomic E-state index is 14.6.